The lowest BCUT2D eigenvalue weighted by Crippen LogP contribution is -2.35. The number of carbonyl (C=O) groups is 1. The topological polar surface area (TPSA) is 40.5 Å². The molecule has 0 heterocycles. The van der Waals surface area contributed by atoms with Crippen molar-refractivity contribution in [2.24, 2.45) is 0 Å². The molecule has 0 aliphatic carbocycles. The molecule has 1 aromatic carbocycles. The summed E-state index contributed by atoms with van der Waals surface area (Å²) in [7, 11) is 0. The zero-order chi connectivity index (χ0) is 12.7. The fourth-order valence-electron chi connectivity index (χ4n) is 2.09. The first-order valence-electron chi connectivity index (χ1n) is 6.22. The Morgan fingerprint density at radius 3 is 2.12 bits per heavy atom. The van der Waals surface area contributed by atoms with Gasteiger partial charge in [-0.15, -0.1) is 0 Å². The monoisotopic (exact) mass is 235 g/mol. The SMILES string of the molecule is CCCN(CCC)[C@@H](C(=O)O)c1ccccc1. The average molecular weight is 235 g/mol. The Balaban J connectivity index is 2.94. The fourth-order valence-corrected chi connectivity index (χ4v) is 2.09. The lowest BCUT2D eigenvalue weighted by molar-refractivity contribution is -0.143. The third-order valence-corrected chi connectivity index (χ3v) is 2.74. The first-order chi connectivity index (χ1) is 8.20. The maximum atomic E-state index is 11.4. The Morgan fingerprint density at radius 2 is 1.71 bits per heavy atom. The van der Waals surface area contributed by atoms with Crippen LogP contribution in [0.15, 0.2) is 30.3 Å². The van der Waals surface area contributed by atoms with Crippen LogP contribution in [0.2, 0.25) is 0 Å². The second kappa shape index (κ2) is 7.07. The van der Waals surface area contributed by atoms with Crippen molar-refractivity contribution in [2.45, 2.75) is 32.7 Å². The highest BCUT2D eigenvalue weighted by Crippen LogP contribution is 2.21. The Labute approximate surface area is 103 Å². The van der Waals surface area contributed by atoms with Crippen LogP contribution < -0.4 is 0 Å². The maximum absolute atomic E-state index is 11.4. The lowest BCUT2D eigenvalue weighted by Gasteiger charge is -2.28. The largest absolute Gasteiger partial charge is 0.480 e. The van der Waals surface area contributed by atoms with Crippen LogP contribution in [0.5, 0.6) is 0 Å². The summed E-state index contributed by atoms with van der Waals surface area (Å²) in [6.45, 7) is 5.79. The second-order valence-electron chi connectivity index (χ2n) is 4.19. The van der Waals surface area contributed by atoms with Crippen LogP contribution in [-0.4, -0.2) is 29.1 Å². The Hall–Kier alpha value is -1.35. The van der Waals surface area contributed by atoms with Crippen LogP contribution >= 0.6 is 0 Å². The molecule has 3 nitrogen and oxygen atoms in total. The summed E-state index contributed by atoms with van der Waals surface area (Å²) in [5.74, 6) is -0.766. The maximum Gasteiger partial charge on any atom is 0.325 e. The van der Waals surface area contributed by atoms with Gasteiger partial charge in [0.05, 0.1) is 0 Å². The molecule has 0 saturated carbocycles. The Morgan fingerprint density at radius 1 is 1.18 bits per heavy atom. The van der Waals surface area contributed by atoms with Gasteiger partial charge in [-0.2, -0.15) is 0 Å². The molecule has 0 fully saturated rings. The Kier molecular flexibility index (Phi) is 5.70. The molecule has 0 radical (unpaired) electrons. The molecule has 94 valence electrons. The van der Waals surface area contributed by atoms with Crippen LogP contribution in [-0.2, 0) is 4.79 Å². The molecule has 1 aromatic rings. The summed E-state index contributed by atoms with van der Waals surface area (Å²) in [4.78, 5) is 13.5. The van der Waals surface area contributed by atoms with Crippen molar-refractivity contribution in [1.29, 1.82) is 0 Å². The number of rotatable bonds is 7. The van der Waals surface area contributed by atoms with Gasteiger partial charge in [-0.3, -0.25) is 9.69 Å². The van der Waals surface area contributed by atoms with Gasteiger partial charge in [0.1, 0.15) is 6.04 Å². The smallest absolute Gasteiger partial charge is 0.325 e. The van der Waals surface area contributed by atoms with Crippen LogP contribution in [0, 0.1) is 0 Å². The minimum atomic E-state index is -0.766. The van der Waals surface area contributed by atoms with Crippen LogP contribution in [0.25, 0.3) is 0 Å². The summed E-state index contributed by atoms with van der Waals surface area (Å²) in [6, 6.07) is 8.94. The van der Waals surface area contributed by atoms with E-state index in [2.05, 4.69) is 13.8 Å². The zero-order valence-electron chi connectivity index (χ0n) is 10.6. The summed E-state index contributed by atoms with van der Waals surface area (Å²) < 4.78 is 0. The fraction of sp³-hybridized carbons (Fsp3) is 0.500. The van der Waals surface area contributed by atoms with Gasteiger partial charge in [0, 0.05) is 0 Å². The van der Waals surface area contributed by atoms with Crippen LogP contribution in [0.4, 0.5) is 0 Å². The number of carboxylic acids is 1. The highest BCUT2D eigenvalue weighted by molar-refractivity contribution is 5.75. The normalized spacial score (nSPS) is 12.6. The third kappa shape index (κ3) is 3.86. The molecular weight excluding hydrogens is 214 g/mol. The summed E-state index contributed by atoms with van der Waals surface area (Å²) in [5.41, 5.74) is 0.863. The highest BCUT2D eigenvalue weighted by atomic mass is 16.4. The van der Waals surface area contributed by atoms with E-state index in [1.807, 2.05) is 35.2 Å². The van der Waals surface area contributed by atoms with Gasteiger partial charge in [-0.1, -0.05) is 44.2 Å². The molecule has 1 atom stereocenters. The van der Waals surface area contributed by atoms with Crippen molar-refractivity contribution in [3.8, 4) is 0 Å². The second-order valence-corrected chi connectivity index (χ2v) is 4.19. The average Bonchev–Trinajstić information content (AvgIpc) is 2.31. The van der Waals surface area contributed by atoms with Crippen molar-refractivity contribution in [3.05, 3.63) is 35.9 Å². The molecule has 0 aliphatic rings. The summed E-state index contributed by atoms with van der Waals surface area (Å²) in [6.07, 6.45) is 1.94. The summed E-state index contributed by atoms with van der Waals surface area (Å²) >= 11 is 0. The van der Waals surface area contributed by atoms with Gasteiger partial charge in [0.25, 0.3) is 0 Å². The van der Waals surface area contributed by atoms with E-state index in [-0.39, 0.29) is 0 Å². The van der Waals surface area contributed by atoms with E-state index in [1.54, 1.807) is 0 Å². The number of hydrogen-bond acceptors (Lipinski definition) is 2. The first-order valence-corrected chi connectivity index (χ1v) is 6.22. The number of hydrogen-bond donors (Lipinski definition) is 1. The van der Waals surface area contributed by atoms with Crippen LogP contribution in [0.1, 0.15) is 38.3 Å². The van der Waals surface area contributed by atoms with E-state index < -0.39 is 12.0 Å². The van der Waals surface area contributed by atoms with Gasteiger partial charge in [-0.25, -0.2) is 0 Å². The van der Waals surface area contributed by atoms with Crippen molar-refractivity contribution in [2.75, 3.05) is 13.1 Å². The van der Waals surface area contributed by atoms with E-state index in [4.69, 9.17) is 0 Å². The standard InChI is InChI=1S/C14H21NO2/c1-3-10-15(11-4-2)13(14(16)17)12-8-6-5-7-9-12/h5-9,13H,3-4,10-11H2,1-2H3,(H,16,17)/t13-/m1/s1. The lowest BCUT2D eigenvalue weighted by atomic mass is 10.0. The first kappa shape index (κ1) is 13.7. The molecule has 0 saturated heterocycles. The molecule has 0 unspecified atom stereocenters. The van der Waals surface area contributed by atoms with Gasteiger partial charge in [0.15, 0.2) is 0 Å². The van der Waals surface area contributed by atoms with Crippen molar-refractivity contribution in [1.82, 2.24) is 4.90 Å². The molecule has 17 heavy (non-hydrogen) atoms. The third-order valence-electron chi connectivity index (χ3n) is 2.74. The predicted octanol–water partition coefficient (Wildman–Crippen LogP) is 2.93. The molecular formula is C14H21NO2. The number of benzene rings is 1. The number of nitrogens with zero attached hydrogens (tertiary/aromatic N) is 1. The predicted molar refractivity (Wildman–Crippen MR) is 69.0 cm³/mol. The van der Waals surface area contributed by atoms with E-state index in [9.17, 15) is 9.90 Å². The molecule has 1 rings (SSSR count). The minimum absolute atomic E-state index is 0.518. The van der Waals surface area contributed by atoms with E-state index in [1.165, 1.54) is 0 Å². The quantitative estimate of drug-likeness (QED) is 0.790. The van der Waals surface area contributed by atoms with Gasteiger partial charge >= 0.3 is 5.97 Å². The molecule has 0 amide bonds. The molecule has 0 spiro atoms. The van der Waals surface area contributed by atoms with Gasteiger partial charge < -0.3 is 5.11 Å². The number of carboxylic acid groups (broad SMARTS) is 1. The van der Waals surface area contributed by atoms with Crippen molar-refractivity contribution < 1.29 is 9.90 Å². The van der Waals surface area contributed by atoms with E-state index in [0.29, 0.717) is 0 Å². The van der Waals surface area contributed by atoms with E-state index >= 15 is 0 Å². The van der Waals surface area contributed by atoms with Gasteiger partial charge in [-0.05, 0) is 31.5 Å². The highest BCUT2D eigenvalue weighted by Gasteiger charge is 2.25. The van der Waals surface area contributed by atoms with Crippen molar-refractivity contribution in [3.63, 3.8) is 0 Å². The number of aliphatic carboxylic acids is 1. The Bertz CT molecular complexity index is 331. The molecule has 3 heteroatoms. The molecule has 0 aromatic heterocycles. The van der Waals surface area contributed by atoms with Gasteiger partial charge in [0.2, 0.25) is 0 Å². The minimum Gasteiger partial charge on any atom is -0.480 e. The van der Waals surface area contributed by atoms with E-state index in [0.717, 1.165) is 31.5 Å². The summed E-state index contributed by atoms with van der Waals surface area (Å²) in [5, 5.41) is 9.41. The molecule has 0 bridgehead atoms. The van der Waals surface area contributed by atoms with Crippen LogP contribution in [0.3, 0.4) is 0 Å². The molecule has 0 aliphatic heterocycles. The molecule has 1 N–H and O–H groups in total. The zero-order valence-corrected chi connectivity index (χ0v) is 10.6. The van der Waals surface area contributed by atoms with Crippen molar-refractivity contribution >= 4 is 5.97 Å².